The number of rotatable bonds is 19. The van der Waals surface area contributed by atoms with Gasteiger partial charge in [-0.25, -0.2) is 22.9 Å². The number of alkyl carbamates (subject to hydrolysis) is 1. The molecular formula is C32H38N8O9S2. The molecule has 0 unspecified atom stereocenters. The van der Waals surface area contributed by atoms with Crippen LogP contribution < -0.4 is 31.7 Å². The minimum absolute atomic E-state index is 0.0452. The number of anilines is 1. The van der Waals surface area contributed by atoms with Gasteiger partial charge in [-0.3, -0.25) is 24.6 Å². The average molecular weight is 743 g/mol. The molecular weight excluding hydrogens is 705 g/mol. The second-order valence-corrected chi connectivity index (χ2v) is 13.9. The fourth-order valence-corrected chi connectivity index (χ4v) is 6.54. The summed E-state index contributed by atoms with van der Waals surface area (Å²) in [7, 11) is -3.95. The summed E-state index contributed by atoms with van der Waals surface area (Å²) < 4.78 is 32.8. The van der Waals surface area contributed by atoms with Crippen molar-refractivity contribution >= 4 is 62.1 Å². The number of nitrogens with one attached hydrogen (secondary N) is 6. The van der Waals surface area contributed by atoms with Gasteiger partial charge in [0.2, 0.25) is 17.7 Å². The lowest BCUT2D eigenvalue weighted by Crippen LogP contribution is -2.54. The smallest absolute Gasteiger partial charge is 0.408 e. The van der Waals surface area contributed by atoms with Crippen molar-refractivity contribution in [3.8, 4) is 0 Å². The molecule has 3 rings (SSSR count). The molecule has 0 spiro atoms. The van der Waals surface area contributed by atoms with Crippen molar-refractivity contribution in [1.82, 2.24) is 25.7 Å². The Hall–Kier alpha value is -5.66. The fraction of sp³-hybridized carbons (Fsp3) is 0.281. The van der Waals surface area contributed by atoms with Crippen molar-refractivity contribution in [2.24, 2.45) is 5.73 Å². The van der Waals surface area contributed by atoms with Crippen molar-refractivity contribution < 1.29 is 42.2 Å². The molecule has 2 atom stereocenters. The molecule has 0 radical (unpaired) electrons. The molecule has 3 aromatic rings. The molecule has 0 aliphatic rings. The Labute approximate surface area is 297 Å². The first-order valence-electron chi connectivity index (χ1n) is 15.2. The summed E-state index contributed by atoms with van der Waals surface area (Å²) in [6.45, 7) is 4.46. The van der Waals surface area contributed by atoms with Crippen LogP contribution in [0.2, 0.25) is 0 Å². The number of aromatic nitrogens is 1. The highest BCUT2D eigenvalue weighted by Gasteiger charge is 2.28. The third kappa shape index (κ3) is 13.3. The van der Waals surface area contributed by atoms with E-state index < -0.39 is 58.3 Å². The molecule has 1 aromatic heterocycles. The second kappa shape index (κ2) is 18.9. The first kappa shape index (κ1) is 39.8. The molecule has 0 aliphatic heterocycles. The van der Waals surface area contributed by atoms with Crippen LogP contribution in [0.15, 0.2) is 71.6 Å². The van der Waals surface area contributed by atoms with E-state index in [1.807, 2.05) is 0 Å². The maximum absolute atomic E-state index is 13.5. The van der Waals surface area contributed by atoms with Crippen LogP contribution in [0.25, 0.3) is 0 Å². The zero-order valence-electron chi connectivity index (χ0n) is 27.4. The van der Waals surface area contributed by atoms with Crippen molar-refractivity contribution in [2.45, 2.75) is 55.6 Å². The number of nitrogens with zero attached hydrogens (tertiary/aromatic N) is 1. The Morgan fingerprint density at radius 1 is 1.02 bits per heavy atom. The van der Waals surface area contributed by atoms with Crippen molar-refractivity contribution in [2.75, 3.05) is 11.9 Å². The number of nitrogen functional groups attached to an aromatic ring is 1. The number of carboxylic acid groups (broad SMARTS) is 1. The number of carboxylic acids is 1. The molecule has 0 saturated heterocycles. The standard InChI is InChI=1S/C32H38N8O9S2/c1-3-13-49-32(46)40-25(15-20-7-9-23(10-8-20)28(33)34)30(45)39-24(11-12-26(42)43)29(44)35-16-21-5-4-6-22(14-21)17-37-51(47,48)27-18-36-31(50-27)38-19(2)41/h3-10,14,18,24-25,37H,1,11-13,15-17H2,2H3,(H3,33,34)(H,35,44)(H,39,45)(H,40,46)(H,42,43)(H,36,38,41)/t24-,25-/m0/s1. The van der Waals surface area contributed by atoms with Gasteiger partial charge in [0.15, 0.2) is 9.34 Å². The Morgan fingerprint density at radius 2 is 1.71 bits per heavy atom. The number of aliphatic carboxylic acids is 1. The third-order valence-electron chi connectivity index (χ3n) is 6.88. The van der Waals surface area contributed by atoms with Crippen molar-refractivity contribution in [3.05, 3.63) is 89.6 Å². The fourth-order valence-electron chi connectivity index (χ4n) is 4.40. The van der Waals surface area contributed by atoms with Crippen molar-refractivity contribution in [3.63, 3.8) is 0 Å². The van der Waals surface area contributed by atoms with E-state index in [0.29, 0.717) is 22.3 Å². The van der Waals surface area contributed by atoms with Crippen LogP contribution >= 0.6 is 11.3 Å². The summed E-state index contributed by atoms with van der Waals surface area (Å²) in [6, 6.07) is 10.5. The lowest BCUT2D eigenvalue weighted by Gasteiger charge is -2.23. The lowest BCUT2D eigenvalue weighted by atomic mass is 10.0. The number of sulfonamides is 1. The largest absolute Gasteiger partial charge is 0.481 e. The number of thiazole rings is 1. The molecule has 0 saturated carbocycles. The topological polar surface area (TPSA) is 272 Å². The molecule has 2 aromatic carbocycles. The van der Waals surface area contributed by atoms with E-state index in [0.717, 1.165) is 17.5 Å². The molecule has 17 nitrogen and oxygen atoms in total. The van der Waals surface area contributed by atoms with Crippen LogP contribution in [0.1, 0.15) is 42.0 Å². The Kier molecular flexibility index (Phi) is 14.8. The van der Waals surface area contributed by atoms with Gasteiger partial charge in [-0.05, 0) is 23.1 Å². The maximum Gasteiger partial charge on any atom is 0.408 e. The predicted molar refractivity (Wildman–Crippen MR) is 187 cm³/mol. The zero-order valence-corrected chi connectivity index (χ0v) is 29.1. The van der Waals surface area contributed by atoms with E-state index in [2.05, 4.69) is 37.6 Å². The van der Waals surface area contributed by atoms with Gasteiger partial charge in [0.1, 0.15) is 24.5 Å². The number of amidine groups is 1. The summed E-state index contributed by atoms with van der Waals surface area (Å²) in [6.07, 6.45) is 0.776. The van der Waals surface area contributed by atoms with E-state index >= 15 is 0 Å². The zero-order chi connectivity index (χ0) is 37.6. The SMILES string of the molecule is C=CCOC(=O)N[C@@H](Cc1ccc(C(=N)N)cc1)C(=O)N[C@@H](CCC(=O)O)C(=O)NCc1cccc(CNS(=O)(=O)c2cnc(NC(C)=O)s2)c1. The number of benzene rings is 2. The van der Waals surface area contributed by atoms with Gasteiger partial charge in [0, 0.05) is 38.4 Å². The van der Waals surface area contributed by atoms with E-state index in [1.54, 1.807) is 48.5 Å². The van der Waals surface area contributed by atoms with Crippen molar-refractivity contribution in [1.29, 1.82) is 5.41 Å². The molecule has 19 heteroatoms. The highest BCUT2D eigenvalue weighted by atomic mass is 32.2. The maximum atomic E-state index is 13.5. The van der Waals surface area contributed by atoms with E-state index in [9.17, 15) is 37.5 Å². The van der Waals surface area contributed by atoms with Crippen LogP contribution in [0.3, 0.4) is 0 Å². The number of carbonyl (C=O) groups excluding carboxylic acids is 4. The highest BCUT2D eigenvalue weighted by molar-refractivity contribution is 7.91. The Morgan fingerprint density at radius 3 is 2.33 bits per heavy atom. The van der Waals surface area contributed by atoms with Gasteiger partial charge in [0.25, 0.3) is 10.0 Å². The third-order valence-corrected chi connectivity index (χ3v) is 9.66. The molecule has 0 bridgehead atoms. The Bertz CT molecular complexity index is 1860. The second-order valence-electron chi connectivity index (χ2n) is 10.9. The average Bonchev–Trinajstić information content (AvgIpc) is 3.56. The molecule has 9 N–H and O–H groups in total. The monoisotopic (exact) mass is 742 g/mol. The van der Waals surface area contributed by atoms with Gasteiger partial charge in [-0.1, -0.05) is 72.5 Å². The summed E-state index contributed by atoms with van der Waals surface area (Å²) in [5.74, 6) is -3.23. The summed E-state index contributed by atoms with van der Waals surface area (Å²) in [4.78, 5) is 65.6. The van der Waals surface area contributed by atoms with Crippen LogP contribution in [0.5, 0.6) is 0 Å². The van der Waals surface area contributed by atoms with Crippen LogP contribution in [0, 0.1) is 5.41 Å². The number of hydrogen-bond acceptors (Lipinski definition) is 11. The molecule has 1 heterocycles. The van der Waals surface area contributed by atoms with E-state index in [4.69, 9.17) is 15.9 Å². The first-order valence-corrected chi connectivity index (χ1v) is 17.5. The quantitative estimate of drug-likeness (QED) is 0.0493. The lowest BCUT2D eigenvalue weighted by molar-refractivity contribution is -0.138. The van der Waals surface area contributed by atoms with Gasteiger partial charge in [0.05, 0.1) is 6.20 Å². The van der Waals surface area contributed by atoms with Crippen LogP contribution in [-0.4, -0.2) is 72.8 Å². The van der Waals surface area contributed by atoms with E-state index in [1.165, 1.54) is 13.0 Å². The number of carbonyl (C=O) groups is 5. The normalized spacial score (nSPS) is 12.1. The number of hydrogen-bond donors (Lipinski definition) is 8. The highest BCUT2D eigenvalue weighted by Crippen LogP contribution is 2.23. The van der Waals surface area contributed by atoms with E-state index in [-0.39, 0.29) is 47.7 Å². The summed E-state index contributed by atoms with van der Waals surface area (Å²) in [5.41, 5.74) is 7.68. The summed E-state index contributed by atoms with van der Waals surface area (Å²) in [5, 5.41) is 27.0. The van der Waals surface area contributed by atoms with Crippen LogP contribution in [-0.2, 0) is 53.4 Å². The van der Waals surface area contributed by atoms with Gasteiger partial charge in [-0.15, -0.1) is 0 Å². The predicted octanol–water partition coefficient (Wildman–Crippen LogP) is 1.35. The number of amides is 4. The molecule has 272 valence electrons. The van der Waals surface area contributed by atoms with Crippen LogP contribution in [0.4, 0.5) is 9.93 Å². The first-order chi connectivity index (χ1) is 24.2. The number of nitrogens with two attached hydrogens (primary N) is 1. The minimum Gasteiger partial charge on any atom is -0.481 e. The molecule has 0 aliphatic carbocycles. The van der Waals surface area contributed by atoms with Gasteiger partial charge < -0.3 is 36.8 Å². The summed E-state index contributed by atoms with van der Waals surface area (Å²) >= 11 is 0.790. The minimum atomic E-state index is -3.95. The molecule has 51 heavy (non-hydrogen) atoms. The molecule has 0 fully saturated rings. The number of ether oxygens (including phenoxy) is 1. The Balaban J connectivity index is 1.69. The molecule has 4 amide bonds. The van der Waals surface area contributed by atoms with Gasteiger partial charge in [-0.2, -0.15) is 0 Å². The van der Waals surface area contributed by atoms with Gasteiger partial charge >= 0.3 is 12.1 Å².